The number of benzene rings is 1. The predicted molar refractivity (Wildman–Crippen MR) is 86.7 cm³/mol. The van der Waals surface area contributed by atoms with Gasteiger partial charge in [-0.1, -0.05) is 28.1 Å². The van der Waals surface area contributed by atoms with E-state index in [0.29, 0.717) is 6.54 Å². The smallest absolute Gasteiger partial charge is 0.370 e. The number of alkyl halides is 3. The van der Waals surface area contributed by atoms with E-state index >= 15 is 0 Å². The minimum atomic E-state index is -4.53. The van der Waals surface area contributed by atoms with Crippen molar-refractivity contribution in [3.8, 4) is 0 Å². The molecular weight excluding hydrogens is 387 g/mol. The van der Waals surface area contributed by atoms with Gasteiger partial charge < -0.3 is 5.32 Å². The van der Waals surface area contributed by atoms with Gasteiger partial charge in [0.05, 0.1) is 0 Å². The van der Waals surface area contributed by atoms with E-state index in [1.807, 2.05) is 24.3 Å². The molecule has 0 saturated carbocycles. The van der Waals surface area contributed by atoms with Crippen molar-refractivity contribution in [1.82, 2.24) is 19.6 Å². The maximum Gasteiger partial charge on any atom is 0.433 e. The van der Waals surface area contributed by atoms with Crippen molar-refractivity contribution < 1.29 is 13.2 Å². The summed E-state index contributed by atoms with van der Waals surface area (Å²) in [5.74, 6) is 0.137. The first-order chi connectivity index (χ1) is 11.4. The van der Waals surface area contributed by atoms with Gasteiger partial charge in [0, 0.05) is 17.1 Å². The maximum atomic E-state index is 12.9. The SMILES string of the molecule is FC(F)(F)c1cc(NCCCc2cccc(Br)c2)n2ncnc2n1. The molecule has 0 atom stereocenters. The summed E-state index contributed by atoms with van der Waals surface area (Å²) in [5, 5.41) is 6.88. The quantitative estimate of drug-likeness (QED) is 0.659. The van der Waals surface area contributed by atoms with E-state index in [9.17, 15) is 13.2 Å². The second kappa shape index (κ2) is 6.76. The summed E-state index contributed by atoms with van der Waals surface area (Å²) >= 11 is 3.41. The van der Waals surface area contributed by atoms with Gasteiger partial charge in [0.25, 0.3) is 5.78 Å². The van der Waals surface area contributed by atoms with Crippen molar-refractivity contribution in [2.24, 2.45) is 0 Å². The number of hydrogen-bond donors (Lipinski definition) is 1. The number of aromatic nitrogens is 4. The molecule has 0 amide bonds. The van der Waals surface area contributed by atoms with Gasteiger partial charge in [-0.15, -0.1) is 0 Å². The molecule has 0 aliphatic heterocycles. The van der Waals surface area contributed by atoms with Crippen LogP contribution in [0.2, 0.25) is 0 Å². The molecule has 0 fully saturated rings. The van der Waals surface area contributed by atoms with Crippen molar-refractivity contribution in [3.63, 3.8) is 0 Å². The topological polar surface area (TPSA) is 55.1 Å². The zero-order valence-electron chi connectivity index (χ0n) is 12.4. The zero-order valence-corrected chi connectivity index (χ0v) is 14.0. The van der Waals surface area contributed by atoms with Crippen LogP contribution in [0.15, 0.2) is 41.1 Å². The molecule has 24 heavy (non-hydrogen) atoms. The highest BCUT2D eigenvalue weighted by Crippen LogP contribution is 2.29. The van der Waals surface area contributed by atoms with Crippen LogP contribution in [0.1, 0.15) is 17.7 Å². The molecule has 126 valence electrons. The van der Waals surface area contributed by atoms with Crippen LogP contribution in [0.25, 0.3) is 5.78 Å². The molecule has 2 aromatic heterocycles. The van der Waals surface area contributed by atoms with Gasteiger partial charge in [-0.3, -0.25) is 0 Å². The number of nitrogens with zero attached hydrogens (tertiary/aromatic N) is 4. The van der Waals surface area contributed by atoms with Crippen molar-refractivity contribution >= 4 is 27.5 Å². The monoisotopic (exact) mass is 399 g/mol. The highest BCUT2D eigenvalue weighted by Gasteiger charge is 2.34. The molecule has 2 heterocycles. The van der Waals surface area contributed by atoms with Gasteiger partial charge in [0.15, 0.2) is 5.69 Å². The zero-order chi connectivity index (χ0) is 17.2. The Hall–Kier alpha value is -2.16. The molecule has 9 heteroatoms. The largest absolute Gasteiger partial charge is 0.433 e. The molecule has 0 aliphatic carbocycles. The highest BCUT2D eigenvalue weighted by molar-refractivity contribution is 9.10. The number of anilines is 1. The van der Waals surface area contributed by atoms with Crippen LogP contribution in [0.4, 0.5) is 19.0 Å². The fourth-order valence-corrected chi connectivity index (χ4v) is 2.73. The van der Waals surface area contributed by atoms with E-state index in [1.54, 1.807) is 0 Å². The summed E-state index contributed by atoms with van der Waals surface area (Å²) in [6, 6.07) is 8.86. The lowest BCUT2D eigenvalue weighted by atomic mass is 10.1. The molecule has 0 bridgehead atoms. The van der Waals surface area contributed by atoms with E-state index in [1.165, 1.54) is 10.8 Å². The number of hydrogen-bond acceptors (Lipinski definition) is 4. The fourth-order valence-electron chi connectivity index (χ4n) is 2.28. The van der Waals surface area contributed by atoms with Gasteiger partial charge >= 0.3 is 6.18 Å². The van der Waals surface area contributed by atoms with Crippen LogP contribution in [0, 0.1) is 0 Å². The Morgan fingerprint density at radius 1 is 1.21 bits per heavy atom. The molecule has 1 N–H and O–H groups in total. The highest BCUT2D eigenvalue weighted by atomic mass is 79.9. The second-order valence-corrected chi connectivity index (χ2v) is 6.07. The van der Waals surface area contributed by atoms with Crippen molar-refractivity contribution in [2.75, 3.05) is 11.9 Å². The van der Waals surface area contributed by atoms with Crippen molar-refractivity contribution in [1.29, 1.82) is 0 Å². The Morgan fingerprint density at radius 3 is 2.79 bits per heavy atom. The first kappa shape index (κ1) is 16.7. The summed E-state index contributed by atoms with van der Waals surface area (Å²) in [6.45, 7) is 0.503. The van der Waals surface area contributed by atoms with E-state index in [-0.39, 0.29) is 11.6 Å². The molecule has 5 nitrogen and oxygen atoms in total. The lowest BCUT2D eigenvalue weighted by Gasteiger charge is -2.11. The van der Waals surface area contributed by atoms with E-state index < -0.39 is 11.9 Å². The molecular formula is C15H13BrF3N5. The van der Waals surface area contributed by atoms with Crippen LogP contribution in [-0.2, 0) is 12.6 Å². The average molecular weight is 400 g/mol. The van der Waals surface area contributed by atoms with Gasteiger partial charge in [-0.25, -0.2) is 4.98 Å². The van der Waals surface area contributed by atoms with E-state index in [4.69, 9.17) is 0 Å². The Bertz CT molecular complexity index is 846. The second-order valence-electron chi connectivity index (χ2n) is 5.16. The summed E-state index contributed by atoms with van der Waals surface area (Å²) in [7, 11) is 0. The Balaban J connectivity index is 1.69. The molecule has 3 aromatic rings. The van der Waals surface area contributed by atoms with E-state index in [0.717, 1.165) is 28.9 Å². The summed E-state index contributed by atoms with van der Waals surface area (Å²) in [5.41, 5.74) is 0.167. The van der Waals surface area contributed by atoms with Crippen LogP contribution in [0.5, 0.6) is 0 Å². The number of rotatable bonds is 5. The third-order valence-corrected chi connectivity index (χ3v) is 3.87. The summed E-state index contributed by atoms with van der Waals surface area (Å²) < 4.78 is 41.0. The third-order valence-electron chi connectivity index (χ3n) is 3.38. The Labute approximate surface area is 144 Å². The van der Waals surface area contributed by atoms with E-state index in [2.05, 4.69) is 36.3 Å². The van der Waals surface area contributed by atoms with Crippen LogP contribution >= 0.6 is 15.9 Å². The predicted octanol–water partition coefficient (Wildman–Crippen LogP) is 3.95. The van der Waals surface area contributed by atoms with Gasteiger partial charge in [0.2, 0.25) is 0 Å². The Morgan fingerprint density at radius 2 is 2.04 bits per heavy atom. The molecule has 1 aromatic carbocycles. The normalized spacial score (nSPS) is 11.8. The maximum absolute atomic E-state index is 12.9. The minimum Gasteiger partial charge on any atom is -0.370 e. The molecule has 0 aliphatic rings. The number of aryl methyl sites for hydroxylation is 1. The number of nitrogens with one attached hydrogen (secondary N) is 1. The lowest BCUT2D eigenvalue weighted by Crippen LogP contribution is -2.14. The minimum absolute atomic E-state index is 0.0840. The molecule has 0 spiro atoms. The molecule has 0 radical (unpaired) electrons. The van der Waals surface area contributed by atoms with Gasteiger partial charge in [-0.2, -0.15) is 27.8 Å². The molecule has 0 saturated heterocycles. The molecule has 0 unspecified atom stereocenters. The van der Waals surface area contributed by atoms with Crippen LogP contribution in [-0.4, -0.2) is 26.1 Å². The van der Waals surface area contributed by atoms with Gasteiger partial charge in [0.1, 0.15) is 12.1 Å². The number of fused-ring (bicyclic) bond motifs is 1. The van der Waals surface area contributed by atoms with Crippen molar-refractivity contribution in [2.45, 2.75) is 19.0 Å². The first-order valence-corrected chi connectivity index (χ1v) is 7.99. The lowest BCUT2D eigenvalue weighted by molar-refractivity contribution is -0.141. The summed E-state index contributed by atoms with van der Waals surface area (Å²) in [6.07, 6.45) is -1.78. The average Bonchev–Trinajstić information content (AvgIpc) is 2.99. The fraction of sp³-hybridized carbons (Fsp3) is 0.267. The summed E-state index contributed by atoms with van der Waals surface area (Å²) in [4.78, 5) is 7.21. The first-order valence-electron chi connectivity index (χ1n) is 7.20. The Kier molecular flexibility index (Phi) is 4.70. The standard InChI is InChI=1S/C15H13BrF3N5/c16-11-5-1-3-10(7-11)4-2-6-20-13-8-12(15(17,18)19)23-14-21-9-22-24(13)14/h1,3,5,7-9,20H,2,4,6H2. The van der Waals surface area contributed by atoms with Crippen LogP contribution < -0.4 is 5.32 Å². The van der Waals surface area contributed by atoms with Crippen molar-refractivity contribution in [3.05, 3.63) is 52.4 Å². The number of halogens is 4. The molecule has 3 rings (SSSR count). The van der Waals surface area contributed by atoms with Crippen LogP contribution in [0.3, 0.4) is 0 Å². The van der Waals surface area contributed by atoms with Gasteiger partial charge in [-0.05, 0) is 30.5 Å². The third kappa shape index (κ3) is 3.84.